The fourth-order valence-corrected chi connectivity index (χ4v) is 5.21. The largest absolute Gasteiger partial charge is 0.450 e. The lowest BCUT2D eigenvalue weighted by molar-refractivity contribution is 0.137. The first-order chi connectivity index (χ1) is 18.0. The summed E-state index contributed by atoms with van der Waals surface area (Å²) in [6.07, 6.45) is 17.1. The maximum atomic E-state index is 12.2. The summed E-state index contributed by atoms with van der Waals surface area (Å²) in [4.78, 5) is 21.4. The van der Waals surface area contributed by atoms with Crippen molar-refractivity contribution in [3.63, 3.8) is 0 Å². The van der Waals surface area contributed by atoms with Crippen molar-refractivity contribution < 1.29 is 9.53 Å². The number of anilines is 1. The fourth-order valence-electron chi connectivity index (χ4n) is 5.02. The summed E-state index contributed by atoms with van der Waals surface area (Å²) in [5.74, 6) is 1.32. The average Bonchev–Trinajstić information content (AvgIpc) is 3.65. The third kappa shape index (κ3) is 8.57. The molecule has 2 aromatic heterocycles. The number of unbranched alkanes of at least 4 members (excludes halogenated alkanes) is 5. The lowest BCUT2D eigenvalue weighted by Gasteiger charge is -2.29. The third-order valence-corrected chi connectivity index (χ3v) is 7.73. The predicted octanol–water partition coefficient (Wildman–Crippen LogP) is 5.23. The van der Waals surface area contributed by atoms with Gasteiger partial charge < -0.3 is 21.1 Å². The van der Waals surface area contributed by atoms with Gasteiger partial charge in [0, 0.05) is 30.4 Å². The molecule has 2 aromatic rings. The van der Waals surface area contributed by atoms with Gasteiger partial charge in [0.25, 0.3) is 0 Å². The number of rotatable bonds is 14. The molecule has 4 rings (SSSR count). The van der Waals surface area contributed by atoms with Crippen LogP contribution in [-0.2, 0) is 18.2 Å². The molecular weight excluding hydrogens is 490 g/mol. The number of alkyl carbamates (subject to hydrolysis) is 1. The number of aromatic nitrogens is 4. The number of aryl methyl sites for hydroxylation is 1. The molecule has 4 N–H and O–H groups in total. The molecule has 0 unspecified atom stereocenters. The summed E-state index contributed by atoms with van der Waals surface area (Å²) in [7, 11) is 1.98. The topological polar surface area (TPSA) is 120 Å². The van der Waals surface area contributed by atoms with E-state index in [0.29, 0.717) is 17.6 Å². The number of carbonyl (C=O) groups excluding carboxylic acids is 1. The number of ether oxygens (including phenoxy) is 1. The Morgan fingerprint density at radius 2 is 1.76 bits per heavy atom. The molecule has 0 aliphatic heterocycles. The Balaban J connectivity index is 1.19. The van der Waals surface area contributed by atoms with E-state index in [1.54, 1.807) is 6.20 Å². The molecule has 2 aliphatic rings. The number of hydrogen-bond donors (Lipinski definition) is 3. The third-order valence-electron chi connectivity index (χ3n) is 7.45. The first-order valence-electron chi connectivity index (χ1n) is 14.0. The first kappa shape index (κ1) is 27.6. The Bertz CT molecular complexity index is 1000. The van der Waals surface area contributed by atoms with Gasteiger partial charge in [-0.3, -0.25) is 4.68 Å². The van der Waals surface area contributed by atoms with Crippen molar-refractivity contribution >= 4 is 23.6 Å². The zero-order valence-electron chi connectivity index (χ0n) is 22.1. The fraction of sp³-hybridized carbons (Fsp3) is 0.704. The van der Waals surface area contributed by atoms with Crippen molar-refractivity contribution in [2.24, 2.45) is 18.7 Å². The predicted molar refractivity (Wildman–Crippen MR) is 147 cm³/mol. The van der Waals surface area contributed by atoms with Crippen LogP contribution in [0.4, 0.5) is 10.7 Å². The molecule has 2 heterocycles. The molecule has 0 atom stereocenters. The molecule has 1 amide bonds. The van der Waals surface area contributed by atoms with Crippen LogP contribution < -0.4 is 16.4 Å². The SMILES string of the molecule is Cn1ncc(-c2nc(NC3CCC(NC(=O)OCCCCCCCCN)CC3)ncc2Cl)c1CC1CC1. The van der Waals surface area contributed by atoms with Gasteiger partial charge in [0.2, 0.25) is 5.95 Å². The van der Waals surface area contributed by atoms with Crippen LogP contribution in [0.1, 0.15) is 82.7 Å². The monoisotopic (exact) mass is 531 g/mol. The second-order valence-electron chi connectivity index (χ2n) is 10.5. The summed E-state index contributed by atoms with van der Waals surface area (Å²) in [6, 6.07) is 0.395. The van der Waals surface area contributed by atoms with E-state index >= 15 is 0 Å². The van der Waals surface area contributed by atoms with Crippen LogP contribution in [0, 0.1) is 5.92 Å². The highest BCUT2D eigenvalue weighted by molar-refractivity contribution is 6.32. The number of carbonyl (C=O) groups is 1. The molecule has 37 heavy (non-hydrogen) atoms. The highest BCUT2D eigenvalue weighted by Gasteiger charge is 2.27. The first-order valence-corrected chi connectivity index (χ1v) is 14.3. The second kappa shape index (κ2) is 14.0. The highest BCUT2D eigenvalue weighted by Crippen LogP contribution is 2.37. The lowest BCUT2D eigenvalue weighted by atomic mass is 9.91. The standard InChI is InChI=1S/C27H42ClN7O2/c1-35-24(16-19-8-9-19)22(17-31-35)25-23(28)18-30-26(34-25)32-20-10-12-21(13-11-20)33-27(36)37-15-7-5-3-2-4-6-14-29/h17-21H,2-16,29H2,1H3,(H,33,36)(H,30,32,34). The highest BCUT2D eigenvalue weighted by atomic mass is 35.5. The van der Waals surface area contributed by atoms with E-state index in [9.17, 15) is 4.79 Å². The Kier molecular flexibility index (Phi) is 10.4. The van der Waals surface area contributed by atoms with Crippen molar-refractivity contribution in [1.29, 1.82) is 0 Å². The van der Waals surface area contributed by atoms with Crippen LogP contribution in [0.5, 0.6) is 0 Å². The molecule has 9 nitrogen and oxygen atoms in total. The number of nitrogens with zero attached hydrogens (tertiary/aromatic N) is 4. The minimum atomic E-state index is -0.302. The van der Waals surface area contributed by atoms with Crippen LogP contribution in [0.2, 0.25) is 5.02 Å². The molecule has 2 fully saturated rings. The van der Waals surface area contributed by atoms with Crippen molar-refractivity contribution in [3.05, 3.63) is 23.1 Å². The van der Waals surface area contributed by atoms with Crippen molar-refractivity contribution in [2.45, 2.75) is 95.6 Å². The molecule has 0 bridgehead atoms. The van der Waals surface area contributed by atoms with E-state index in [2.05, 4.69) is 20.7 Å². The Hall–Kier alpha value is -2.39. The smallest absolute Gasteiger partial charge is 0.407 e. The summed E-state index contributed by atoms with van der Waals surface area (Å²) in [6.45, 7) is 1.25. The van der Waals surface area contributed by atoms with E-state index in [-0.39, 0.29) is 18.2 Å². The van der Waals surface area contributed by atoms with Crippen molar-refractivity contribution in [3.8, 4) is 11.3 Å². The summed E-state index contributed by atoms with van der Waals surface area (Å²) in [5.41, 5.74) is 8.41. The normalized spacial score (nSPS) is 19.5. The minimum absolute atomic E-state index is 0.142. The van der Waals surface area contributed by atoms with E-state index < -0.39 is 0 Å². The quantitative estimate of drug-likeness (QED) is 0.285. The molecule has 204 valence electrons. The van der Waals surface area contributed by atoms with Crippen LogP contribution in [0.15, 0.2) is 12.4 Å². The van der Waals surface area contributed by atoms with E-state index in [1.165, 1.54) is 37.8 Å². The van der Waals surface area contributed by atoms with E-state index in [0.717, 1.165) is 75.1 Å². The maximum Gasteiger partial charge on any atom is 0.407 e. The maximum absolute atomic E-state index is 12.2. The van der Waals surface area contributed by atoms with Crippen LogP contribution >= 0.6 is 11.6 Å². The molecule has 2 aliphatic carbocycles. The van der Waals surface area contributed by atoms with Gasteiger partial charge in [0.05, 0.1) is 29.7 Å². The van der Waals surface area contributed by atoms with Gasteiger partial charge in [0.1, 0.15) is 0 Å². The lowest BCUT2D eigenvalue weighted by Crippen LogP contribution is -2.40. The average molecular weight is 532 g/mol. The van der Waals surface area contributed by atoms with Crippen LogP contribution in [-0.4, -0.2) is 51.1 Å². The van der Waals surface area contributed by atoms with E-state index in [4.69, 9.17) is 27.1 Å². The Labute approximate surface area is 225 Å². The number of nitrogens with two attached hydrogens (primary N) is 1. The van der Waals surface area contributed by atoms with Gasteiger partial charge in [0.15, 0.2) is 0 Å². The van der Waals surface area contributed by atoms with Gasteiger partial charge in [-0.25, -0.2) is 14.8 Å². The van der Waals surface area contributed by atoms with Crippen molar-refractivity contribution in [1.82, 2.24) is 25.1 Å². The van der Waals surface area contributed by atoms with Gasteiger partial charge in [-0.1, -0.05) is 37.3 Å². The number of amides is 1. The van der Waals surface area contributed by atoms with Gasteiger partial charge in [-0.2, -0.15) is 5.10 Å². The molecule has 0 radical (unpaired) electrons. The molecule has 0 spiro atoms. The number of nitrogens with one attached hydrogen (secondary N) is 2. The van der Waals surface area contributed by atoms with Gasteiger partial charge >= 0.3 is 6.09 Å². The summed E-state index contributed by atoms with van der Waals surface area (Å²) >= 11 is 6.51. The summed E-state index contributed by atoms with van der Waals surface area (Å²) in [5, 5.41) is 11.5. The van der Waals surface area contributed by atoms with Crippen molar-refractivity contribution in [2.75, 3.05) is 18.5 Å². The zero-order chi connectivity index (χ0) is 26.0. The van der Waals surface area contributed by atoms with Crippen LogP contribution in [0.25, 0.3) is 11.3 Å². The number of hydrogen-bond acceptors (Lipinski definition) is 7. The summed E-state index contributed by atoms with van der Waals surface area (Å²) < 4.78 is 7.31. The van der Waals surface area contributed by atoms with Crippen LogP contribution in [0.3, 0.4) is 0 Å². The molecular formula is C27H42ClN7O2. The minimum Gasteiger partial charge on any atom is -0.450 e. The molecule has 0 saturated heterocycles. The van der Waals surface area contributed by atoms with E-state index in [1.807, 2.05) is 17.9 Å². The zero-order valence-corrected chi connectivity index (χ0v) is 22.8. The molecule has 0 aromatic carbocycles. The number of halogens is 1. The Morgan fingerprint density at radius 1 is 1.05 bits per heavy atom. The molecule has 10 heteroatoms. The molecule has 2 saturated carbocycles. The van der Waals surface area contributed by atoms with Gasteiger partial charge in [-0.15, -0.1) is 0 Å². The van der Waals surface area contributed by atoms with Gasteiger partial charge in [-0.05, 0) is 70.3 Å². The Morgan fingerprint density at radius 3 is 2.49 bits per heavy atom. The second-order valence-corrected chi connectivity index (χ2v) is 11.0.